The number of halogens is 2. The molecule has 2 N–H and O–H groups in total. The fraction of sp³-hybridized carbons (Fsp3) is 0.588. The molecule has 0 bridgehead atoms. The summed E-state index contributed by atoms with van der Waals surface area (Å²) in [6.45, 7) is 2.21. The quantitative estimate of drug-likeness (QED) is 0.896. The Labute approximate surface area is 137 Å². The first-order chi connectivity index (χ1) is 10.1. The van der Waals surface area contributed by atoms with Crippen molar-refractivity contribution in [2.75, 3.05) is 0 Å². The number of fused-ring (bicyclic) bond motifs is 1. The van der Waals surface area contributed by atoms with Crippen LogP contribution in [0.3, 0.4) is 0 Å². The first-order valence-electron chi connectivity index (χ1n) is 7.92. The van der Waals surface area contributed by atoms with Gasteiger partial charge in [0.1, 0.15) is 5.82 Å². The van der Waals surface area contributed by atoms with Gasteiger partial charge in [0.25, 0.3) is 0 Å². The zero-order valence-corrected chi connectivity index (χ0v) is 13.7. The van der Waals surface area contributed by atoms with Crippen LogP contribution in [-0.2, 0) is 11.3 Å². The van der Waals surface area contributed by atoms with Crippen molar-refractivity contribution in [1.29, 1.82) is 0 Å². The zero-order chi connectivity index (χ0) is 14.8. The minimum atomic E-state index is -0.202. The molecule has 1 aromatic carbocycles. The van der Waals surface area contributed by atoms with Gasteiger partial charge in [-0.1, -0.05) is 25.0 Å². The lowest BCUT2D eigenvalue weighted by Crippen LogP contribution is -2.42. The van der Waals surface area contributed by atoms with E-state index in [0.717, 1.165) is 12.0 Å². The molecule has 1 aliphatic carbocycles. The molecule has 3 unspecified atom stereocenters. The van der Waals surface area contributed by atoms with Crippen LogP contribution >= 0.6 is 12.4 Å². The highest BCUT2D eigenvalue weighted by Gasteiger charge is 2.37. The van der Waals surface area contributed by atoms with Crippen molar-refractivity contribution in [1.82, 2.24) is 10.6 Å². The Bertz CT molecular complexity index is 523. The van der Waals surface area contributed by atoms with Gasteiger partial charge < -0.3 is 10.6 Å². The molecular formula is C17H24ClFN2O. The summed E-state index contributed by atoms with van der Waals surface area (Å²) in [5, 5.41) is 6.45. The van der Waals surface area contributed by atoms with Crippen molar-refractivity contribution >= 4 is 18.3 Å². The van der Waals surface area contributed by atoms with Gasteiger partial charge in [-0.25, -0.2) is 4.39 Å². The molecule has 1 amide bonds. The van der Waals surface area contributed by atoms with E-state index in [9.17, 15) is 9.18 Å². The molecule has 0 radical (unpaired) electrons. The number of hydrogen-bond donors (Lipinski definition) is 2. The van der Waals surface area contributed by atoms with Crippen LogP contribution in [0.25, 0.3) is 0 Å². The summed E-state index contributed by atoms with van der Waals surface area (Å²) in [7, 11) is 0. The summed E-state index contributed by atoms with van der Waals surface area (Å²) in [6, 6.07) is 5.45. The van der Waals surface area contributed by atoms with E-state index >= 15 is 0 Å². The Hall–Kier alpha value is -1.13. The summed E-state index contributed by atoms with van der Waals surface area (Å²) < 4.78 is 13.2. The highest BCUT2D eigenvalue weighted by atomic mass is 35.5. The molecular weight excluding hydrogens is 303 g/mol. The number of nitrogens with one attached hydrogen (secondary N) is 2. The maximum absolute atomic E-state index is 13.2. The molecule has 5 heteroatoms. The fourth-order valence-electron chi connectivity index (χ4n) is 3.65. The maximum atomic E-state index is 13.2. The second-order valence-corrected chi connectivity index (χ2v) is 6.41. The number of amides is 1. The molecule has 1 aliphatic heterocycles. The Morgan fingerprint density at radius 3 is 2.86 bits per heavy atom. The van der Waals surface area contributed by atoms with Crippen LogP contribution < -0.4 is 10.6 Å². The van der Waals surface area contributed by atoms with E-state index < -0.39 is 0 Å². The van der Waals surface area contributed by atoms with E-state index in [-0.39, 0.29) is 30.2 Å². The van der Waals surface area contributed by atoms with Crippen molar-refractivity contribution in [3.05, 3.63) is 35.1 Å². The largest absolute Gasteiger partial charge is 0.351 e. The van der Waals surface area contributed by atoms with Gasteiger partial charge in [0.2, 0.25) is 5.91 Å². The lowest BCUT2D eigenvalue weighted by atomic mass is 9.85. The molecule has 3 nitrogen and oxygen atoms in total. The minimum Gasteiger partial charge on any atom is -0.351 e. The van der Waals surface area contributed by atoms with E-state index in [1.54, 1.807) is 19.1 Å². The molecule has 1 aromatic rings. The molecule has 0 spiro atoms. The first kappa shape index (κ1) is 17.2. The first-order valence-corrected chi connectivity index (χ1v) is 7.92. The summed E-state index contributed by atoms with van der Waals surface area (Å²) in [5.41, 5.74) is 1.56. The van der Waals surface area contributed by atoms with E-state index in [2.05, 4.69) is 10.6 Å². The molecule has 1 saturated carbocycles. The van der Waals surface area contributed by atoms with Gasteiger partial charge in [-0.3, -0.25) is 4.79 Å². The van der Waals surface area contributed by atoms with Gasteiger partial charge in [-0.2, -0.15) is 0 Å². The highest BCUT2D eigenvalue weighted by molar-refractivity contribution is 5.85. The van der Waals surface area contributed by atoms with E-state index in [4.69, 9.17) is 0 Å². The molecule has 3 rings (SSSR count). The number of aryl methyl sites for hydroxylation is 1. The smallest absolute Gasteiger partial charge is 0.237 e. The fourth-order valence-corrected chi connectivity index (χ4v) is 3.65. The van der Waals surface area contributed by atoms with Crippen molar-refractivity contribution < 1.29 is 9.18 Å². The number of rotatable bonds is 3. The Kier molecular flexibility index (Phi) is 5.81. The van der Waals surface area contributed by atoms with Crippen LogP contribution in [0.1, 0.15) is 43.2 Å². The lowest BCUT2D eigenvalue weighted by Gasteiger charge is -2.24. The normalized spacial score (nSPS) is 26.9. The zero-order valence-electron chi connectivity index (χ0n) is 12.9. The van der Waals surface area contributed by atoms with Crippen LogP contribution in [0.5, 0.6) is 0 Å². The van der Waals surface area contributed by atoms with Crippen molar-refractivity contribution in [2.45, 2.75) is 57.7 Å². The average Bonchev–Trinajstić information content (AvgIpc) is 2.92. The molecule has 2 aliphatic rings. The Morgan fingerprint density at radius 1 is 1.36 bits per heavy atom. The standard InChI is InChI=1S/C17H23FN2O.ClH/c1-11-8-12(6-7-14(11)18)10-19-17(21)16-9-13-4-2-3-5-15(13)20-16;/h6-8,13,15-16,20H,2-5,9-10H2,1H3,(H,19,21);1H. The second kappa shape index (κ2) is 7.42. The van der Waals surface area contributed by atoms with Gasteiger partial charge >= 0.3 is 0 Å². The third-order valence-electron chi connectivity index (χ3n) is 4.87. The van der Waals surface area contributed by atoms with Gasteiger partial charge in [-0.05, 0) is 49.3 Å². The summed E-state index contributed by atoms with van der Waals surface area (Å²) >= 11 is 0. The number of carbonyl (C=O) groups excluding carboxylic acids is 1. The Morgan fingerprint density at radius 2 is 2.14 bits per heavy atom. The molecule has 2 fully saturated rings. The monoisotopic (exact) mass is 326 g/mol. The third kappa shape index (κ3) is 3.79. The number of benzene rings is 1. The van der Waals surface area contributed by atoms with E-state index in [0.29, 0.717) is 24.1 Å². The summed E-state index contributed by atoms with van der Waals surface area (Å²) in [4.78, 5) is 12.3. The van der Waals surface area contributed by atoms with Crippen LogP contribution in [0.15, 0.2) is 18.2 Å². The average molecular weight is 327 g/mol. The highest BCUT2D eigenvalue weighted by Crippen LogP contribution is 2.33. The van der Waals surface area contributed by atoms with E-state index in [1.165, 1.54) is 31.7 Å². The molecule has 3 atom stereocenters. The van der Waals surface area contributed by atoms with Gasteiger partial charge in [0.15, 0.2) is 0 Å². The van der Waals surface area contributed by atoms with E-state index in [1.807, 2.05) is 0 Å². The predicted octanol–water partition coefficient (Wildman–Crippen LogP) is 3.09. The topological polar surface area (TPSA) is 41.1 Å². The SMILES string of the molecule is Cc1cc(CNC(=O)C2CC3CCCCC3N2)ccc1F.Cl. The molecule has 122 valence electrons. The number of carbonyl (C=O) groups is 1. The van der Waals surface area contributed by atoms with Crippen LogP contribution in [-0.4, -0.2) is 18.0 Å². The lowest BCUT2D eigenvalue weighted by molar-refractivity contribution is -0.123. The predicted molar refractivity (Wildman–Crippen MR) is 87.5 cm³/mol. The summed E-state index contributed by atoms with van der Waals surface area (Å²) in [5.74, 6) is 0.542. The van der Waals surface area contributed by atoms with Crippen LogP contribution in [0, 0.1) is 18.7 Å². The van der Waals surface area contributed by atoms with Gasteiger partial charge in [0.05, 0.1) is 6.04 Å². The van der Waals surface area contributed by atoms with Crippen LogP contribution in [0.2, 0.25) is 0 Å². The Balaban J connectivity index is 0.00000176. The van der Waals surface area contributed by atoms with Crippen LogP contribution in [0.4, 0.5) is 4.39 Å². The van der Waals surface area contributed by atoms with Gasteiger partial charge in [0, 0.05) is 12.6 Å². The third-order valence-corrected chi connectivity index (χ3v) is 4.87. The van der Waals surface area contributed by atoms with Crippen molar-refractivity contribution in [3.63, 3.8) is 0 Å². The second-order valence-electron chi connectivity index (χ2n) is 6.41. The molecule has 1 heterocycles. The molecule has 0 aromatic heterocycles. The molecule has 22 heavy (non-hydrogen) atoms. The van der Waals surface area contributed by atoms with Crippen molar-refractivity contribution in [3.8, 4) is 0 Å². The minimum absolute atomic E-state index is 0. The number of hydrogen-bond acceptors (Lipinski definition) is 2. The summed E-state index contributed by atoms with van der Waals surface area (Å²) in [6.07, 6.45) is 5.98. The van der Waals surface area contributed by atoms with Gasteiger partial charge in [-0.15, -0.1) is 12.4 Å². The maximum Gasteiger partial charge on any atom is 0.237 e. The van der Waals surface area contributed by atoms with Crippen molar-refractivity contribution in [2.24, 2.45) is 5.92 Å². The molecule has 1 saturated heterocycles.